The van der Waals surface area contributed by atoms with Crippen LogP contribution in [0.2, 0.25) is 0 Å². The highest BCUT2D eigenvalue weighted by Gasteiger charge is 1.97. The molecule has 2 nitrogen and oxygen atoms in total. The third-order valence-electron chi connectivity index (χ3n) is 0.815. The molecule has 3 heteroatoms. The van der Waals surface area contributed by atoms with Crippen molar-refractivity contribution in [3.05, 3.63) is 23.8 Å². The number of nitriles is 1. The Morgan fingerprint density at radius 1 is 1.62 bits per heavy atom. The minimum atomic E-state index is -0.493. The van der Waals surface area contributed by atoms with Crippen LogP contribution >= 0.6 is 0 Å². The first-order valence-corrected chi connectivity index (χ1v) is 2.07. The second kappa shape index (κ2) is 1.66. The maximum absolute atomic E-state index is 12.1. The Morgan fingerprint density at radius 2 is 2.38 bits per heavy atom. The van der Waals surface area contributed by atoms with Crippen molar-refractivity contribution < 1.29 is 4.39 Å². The van der Waals surface area contributed by atoms with Crippen LogP contribution in [0.15, 0.2) is 12.4 Å². The van der Waals surface area contributed by atoms with Crippen LogP contribution in [-0.2, 0) is 0 Å². The van der Waals surface area contributed by atoms with E-state index in [-0.39, 0.29) is 5.56 Å². The number of aromatic nitrogens is 1. The van der Waals surface area contributed by atoms with Crippen LogP contribution in [0.25, 0.3) is 0 Å². The predicted molar refractivity (Wildman–Crippen MR) is 25.5 cm³/mol. The van der Waals surface area contributed by atoms with Gasteiger partial charge in [0.1, 0.15) is 11.6 Å². The van der Waals surface area contributed by atoms with Gasteiger partial charge < -0.3 is 4.98 Å². The largest absolute Gasteiger partial charge is 0.364 e. The number of aromatic amines is 1. The highest BCUT2D eigenvalue weighted by atomic mass is 19.1. The molecule has 40 valence electrons. The Morgan fingerprint density at radius 3 is 2.62 bits per heavy atom. The maximum atomic E-state index is 12.1. The molecule has 1 heterocycles. The summed E-state index contributed by atoms with van der Waals surface area (Å²) in [5.41, 5.74) is 0.0602. The van der Waals surface area contributed by atoms with Gasteiger partial charge in [-0.05, 0) is 0 Å². The highest BCUT2D eigenvalue weighted by molar-refractivity contribution is 5.26. The van der Waals surface area contributed by atoms with E-state index in [0.29, 0.717) is 0 Å². The van der Waals surface area contributed by atoms with E-state index >= 15 is 0 Å². The summed E-state index contributed by atoms with van der Waals surface area (Å²) < 4.78 is 12.1. The fraction of sp³-hybridized carbons (Fsp3) is 0. The molecule has 0 fully saturated rings. The minimum absolute atomic E-state index is 0.0602. The third kappa shape index (κ3) is 0.562. The van der Waals surface area contributed by atoms with Crippen molar-refractivity contribution in [3.63, 3.8) is 0 Å². The van der Waals surface area contributed by atoms with Gasteiger partial charge in [-0.3, -0.25) is 0 Å². The highest BCUT2D eigenvalue weighted by Crippen LogP contribution is 2.00. The standard InChI is InChI=1S/C5H3FN2/c6-5-3-8-2-4(5)1-7/h2-3,8H. The zero-order valence-corrected chi connectivity index (χ0v) is 3.98. The van der Waals surface area contributed by atoms with Crippen molar-refractivity contribution in [2.75, 3.05) is 0 Å². The molecule has 0 aliphatic rings. The van der Waals surface area contributed by atoms with Crippen LogP contribution in [0.1, 0.15) is 5.56 Å². The number of halogens is 1. The molecule has 0 aliphatic carbocycles. The number of rotatable bonds is 0. The number of hydrogen-bond donors (Lipinski definition) is 1. The summed E-state index contributed by atoms with van der Waals surface area (Å²) >= 11 is 0. The van der Waals surface area contributed by atoms with E-state index in [1.165, 1.54) is 6.20 Å². The summed E-state index contributed by atoms with van der Waals surface area (Å²) in [4.78, 5) is 2.45. The van der Waals surface area contributed by atoms with Gasteiger partial charge in [0.15, 0.2) is 5.82 Å². The molecular formula is C5H3FN2. The van der Waals surface area contributed by atoms with Crippen LogP contribution in [0, 0.1) is 17.1 Å². The fourth-order valence-corrected chi connectivity index (χ4v) is 0.431. The van der Waals surface area contributed by atoms with Crippen molar-refractivity contribution in [1.29, 1.82) is 5.26 Å². The van der Waals surface area contributed by atoms with Crippen molar-refractivity contribution in [2.24, 2.45) is 0 Å². The first-order valence-electron chi connectivity index (χ1n) is 2.07. The monoisotopic (exact) mass is 110 g/mol. The summed E-state index contributed by atoms with van der Waals surface area (Å²) in [6, 6.07) is 1.67. The van der Waals surface area contributed by atoms with Gasteiger partial charge in [0.25, 0.3) is 0 Å². The average molecular weight is 110 g/mol. The van der Waals surface area contributed by atoms with Crippen LogP contribution in [-0.4, -0.2) is 4.98 Å². The van der Waals surface area contributed by atoms with Gasteiger partial charge in [0, 0.05) is 12.4 Å². The molecule has 1 rings (SSSR count). The van der Waals surface area contributed by atoms with E-state index in [2.05, 4.69) is 4.98 Å². The Balaban J connectivity index is 3.15. The van der Waals surface area contributed by atoms with Crippen molar-refractivity contribution in [1.82, 2.24) is 4.98 Å². The van der Waals surface area contributed by atoms with Gasteiger partial charge in [0.2, 0.25) is 0 Å². The van der Waals surface area contributed by atoms with Gasteiger partial charge in [-0.15, -0.1) is 0 Å². The molecule has 0 amide bonds. The van der Waals surface area contributed by atoms with Gasteiger partial charge in [-0.1, -0.05) is 0 Å². The third-order valence-corrected chi connectivity index (χ3v) is 0.815. The summed E-state index contributed by atoms with van der Waals surface area (Å²) in [5, 5.41) is 8.10. The van der Waals surface area contributed by atoms with Gasteiger partial charge in [0.05, 0.1) is 0 Å². The normalized spacial score (nSPS) is 8.50. The van der Waals surface area contributed by atoms with Crippen LogP contribution in [0.4, 0.5) is 4.39 Å². The number of hydrogen-bond acceptors (Lipinski definition) is 1. The summed E-state index contributed by atoms with van der Waals surface area (Å²) in [5.74, 6) is -0.493. The van der Waals surface area contributed by atoms with Gasteiger partial charge in [-0.2, -0.15) is 5.26 Å². The molecule has 1 aromatic rings. The lowest BCUT2D eigenvalue weighted by atomic mass is 10.4. The lowest BCUT2D eigenvalue weighted by Gasteiger charge is -1.71. The molecule has 0 radical (unpaired) electrons. The molecule has 0 unspecified atom stereocenters. The lowest BCUT2D eigenvalue weighted by Crippen LogP contribution is -1.68. The maximum Gasteiger partial charge on any atom is 0.158 e. The molecular weight excluding hydrogens is 107 g/mol. The fourth-order valence-electron chi connectivity index (χ4n) is 0.431. The predicted octanol–water partition coefficient (Wildman–Crippen LogP) is 1.03. The van der Waals surface area contributed by atoms with Gasteiger partial charge >= 0.3 is 0 Å². The van der Waals surface area contributed by atoms with E-state index in [9.17, 15) is 4.39 Å². The Bertz CT molecular complexity index is 221. The summed E-state index contributed by atoms with van der Waals surface area (Å²) in [6.07, 6.45) is 2.45. The van der Waals surface area contributed by atoms with Crippen LogP contribution in [0.3, 0.4) is 0 Å². The number of nitrogens with zero attached hydrogens (tertiary/aromatic N) is 1. The average Bonchev–Trinajstić information content (AvgIpc) is 2.14. The summed E-state index contributed by atoms with van der Waals surface area (Å²) in [7, 11) is 0. The molecule has 8 heavy (non-hydrogen) atoms. The topological polar surface area (TPSA) is 39.6 Å². The summed E-state index contributed by atoms with van der Waals surface area (Å²) in [6.45, 7) is 0. The Hall–Kier alpha value is -1.30. The van der Waals surface area contributed by atoms with Crippen molar-refractivity contribution >= 4 is 0 Å². The van der Waals surface area contributed by atoms with E-state index < -0.39 is 5.82 Å². The van der Waals surface area contributed by atoms with Crippen molar-refractivity contribution in [3.8, 4) is 6.07 Å². The van der Waals surface area contributed by atoms with E-state index in [1.54, 1.807) is 6.07 Å². The zero-order valence-electron chi connectivity index (χ0n) is 3.98. The number of nitrogens with one attached hydrogen (secondary N) is 1. The Kier molecular flexibility index (Phi) is 1.01. The molecule has 0 atom stereocenters. The van der Waals surface area contributed by atoms with E-state index in [0.717, 1.165) is 6.20 Å². The smallest absolute Gasteiger partial charge is 0.158 e. The second-order valence-electron chi connectivity index (χ2n) is 1.33. The molecule has 0 bridgehead atoms. The molecule has 0 aliphatic heterocycles. The number of H-pyrrole nitrogens is 1. The Labute approximate surface area is 45.6 Å². The van der Waals surface area contributed by atoms with Crippen LogP contribution in [0.5, 0.6) is 0 Å². The van der Waals surface area contributed by atoms with Crippen molar-refractivity contribution in [2.45, 2.75) is 0 Å². The quantitative estimate of drug-likeness (QED) is 0.532. The molecule has 1 N–H and O–H groups in total. The SMILES string of the molecule is N#Cc1c[nH]cc1F. The molecule has 0 aromatic carbocycles. The molecule has 0 saturated carbocycles. The van der Waals surface area contributed by atoms with E-state index in [4.69, 9.17) is 5.26 Å². The van der Waals surface area contributed by atoms with E-state index in [1.807, 2.05) is 0 Å². The van der Waals surface area contributed by atoms with Crippen LogP contribution < -0.4 is 0 Å². The lowest BCUT2D eigenvalue weighted by molar-refractivity contribution is 0.626. The second-order valence-corrected chi connectivity index (χ2v) is 1.33. The molecule has 0 spiro atoms. The minimum Gasteiger partial charge on any atom is -0.364 e. The molecule has 1 aromatic heterocycles. The first-order chi connectivity index (χ1) is 3.84. The van der Waals surface area contributed by atoms with Gasteiger partial charge in [-0.25, -0.2) is 4.39 Å². The molecule has 0 saturated heterocycles. The zero-order chi connectivity index (χ0) is 5.98. The first kappa shape index (κ1) is 4.85.